The van der Waals surface area contributed by atoms with E-state index in [1.807, 2.05) is 0 Å². The summed E-state index contributed by atoms with van der Waals surface area (Å²) in [5, 5.41) is 0. The molecule has 9 heteroatoms. The van der Waals surface area contributed by atoms with Crippen molar-refractivity contribution in [2.24, 2.45) is 0 Å². The number of carbonyl (C=O) groups is 2. The third kappa shape index (κ3) is 38.8. The number of rotatable bonds is 36. The molecule has 0 aromatic carbocycles. The quantitative estimate of drug-likeness (QED) is 0.0284. The summed E-state index contributed by atoms with van der Waals surface area (Å²) in [7, 11) is -4.76. The lowest BCUT2D eigenvalue weighted by molar-refractivity contribution is -0.161. The van der Waals surface area contributed by atoms with Crippen molar-refractivity contribution < 1.29 is 37.9 Å². The summed E-state index contributed by atoms with van der Waals surface area (Å²) in [5.74, 6) is -0.911. The number of ether oxygens (including phenoxy) is 2. The molecule has 50 heavy (non-hydrogen) atoms. The van der Waals surface area contributed by atoms with Gasteiger partial charge in [-0.3, -0.25) is 14.1 Å². The summed E-state index contributed by atoms with van der Waals surface area (Å²) in [6, 6.07) is 0. The van der Waals surface area contributed by atoms with Crippen molar-refractivity contribution in [2.45, 2.75) is 187 Å². The van der Waals surface area contributed by atoms with Crippen molar-refractivity contribution >= 4 is 19.8 Å². The minimum absolute atomic E-state index is 0.193. The van der Waals surface area contributed by atoms with Crippen LogP contribution >= 0.6 is 7.82 Å². The molecule has 0 fully saturated rings. The van der Waals surface area contributed by atoms with E-state index in [2.05, 4.69) is 67.0 Å². The Bertz CT molecular complexity index is 952. The van der Waals surface area contributed by atoms with Gasteiger partial charge in [0.25, 0.3) is 0 Å². The zero-order valence-electron chi connectivity index (χ0n) is 31.8. The average molecular weight is 725 g/mol. The van der Waals surface area contributed by atoms with Crippen molar-refractivity contribution in [3.8, 4) is 0 Å². The second-order valence-electron chi connectivity index (χ2n) is 13.2. The van der Waals surface area contributed by atoms with Crippen LogP contribution in [-0.4, -0.2) is 41.0 Å². The van der Waals surface area contributed by atoms with E-state index in [1.165, 1.54) is 70.6 Å². The first kappa shape index (κ1) is 48.0. The van der Waals surface area contributed by atoms with E-state index >= 15 is 0 Å². The zero-order chi connectivity index (χ0) is 36.8. The molecule has 0 heterocycles. The van der Waals surface area contributed by atoms with Gasteiger partial charge in [-0.05, 0) is 77.0 Å². The summed E-state index contributed by atoms with van der Waals surface area (Å²) in [6.07, 6.45) is 43.9. The molecule has 1 atom stereocenters. The van der Waals surface area contributed by atoms with Crippen LogP contribution in [0.25, 0.3) is 0 Å². The molecular weight excluding hydrogens is 651 g/mol. The Morgan fingerprint density at radius 3 is 1.32 bits per heavy atom. The molecule has 0 saturated heterocycles. The highest BCUT2D eigenvalue weighted by Crippen LogP contribution is 2.36. The smallest absolute Gasteiger partial charge is 0.462 e. The van der Waals surface area contributed by atoms with Crippen molar-refractivity contribution in [3.63, 3.8) is 0 Å². The number of hydrogen-bond acceptors (Lipinski definition) is 6. The number of carbonyl (C=O) groups excluding carboxylic acids is 2. The average Bonchev–Trinajstić information content (AvgIpc) is 3.08. The molecule has 0 unspecified atom stereocenters. The Balaban J connectivity index is 3.98. The fraction of sp³-hybridized carbons (Fsp3) is 0.756. The zero-order valence-corrected chi connectivity index (χ0v) is 32.7. The summed E-state index contributed by atoms with van der Waals surface area (Å²) < 4.78 is 26.3. The molecule has 0 rings (SSSR count). The highest BCUT2D eigenvalue weighted by molar-refractivity contribution is 7.46. The van der Waals surface area contributed by atoms with E-state index in [9.17, 15) is 14.2 Å². The fourth-order valence-electron chi connectivity index (χ4n) is 5.31. The SMILES string of the molecule is CCCCC/C=C/C/C=C/CCCCCCCCCC(=O)OC[C@H](COP(=O)(O)O)OC(=O)CCCCCCC/C=C/C/C=C/CCCCC. The minimum Gasteiger partial charge on any atom is -0.462 e. The summed E-state index contributed by atoms with van der Waals surface area (Å²) in [6.45, 7) is 3.61. The molecule has 8 nitrogen and oxygen atoms in total. The van der Waals surface area contributed by atoms with Crippen molar-refractivity contribution in [3.05, 3.63) is 48.6 Å². The topological polar surface area (TPSA) is 119 Å². The predicted molar refractivity (Wildman–Crippen MR) is 207 cm³/mol. The van der Waals surface area contributed by atoms with Crippen LogP contribution in [0.1, 0.15) is 181 Å². The van der Waals surface area contributed by atoms with Gasteiger partial charge in [-0.2, -0.15) is 0 Å². The van der Waals surface area contributed by atoms with Gasteiger partial charge in [0.05, 0.1) is 6.61 Å². The van der Waals surface area contributed by atoms with Crippen LogP contribution in [0.15, 0.2) is 48.6 Å². The van der Waals surface area contributed by atoms with Crippen LogP contribution in [-0.2, 0) is 28.2 Å². The second-order valence-corrected chi connectivity index (χ2v) is 14.5. The summed E-state index contributed by atoms with van der Waals surface area (Å²) in [5.41, 5.74) is 0. The predicted octanol–water partition coefficient (Wildman–Crippen LogP) is 12.0. The lowest BCUT2D eigenvalue weighted by atomic mass is 10.1. The summed E-state index contributed by atoms with van der Waals surface area (Å²) in [4.78, 5) is 42.8. The minimum atomic E-state index is -4.76. The van der Waals surface area contributed by atoms with E-state index in [-0.39, 0.29) is 19.4 Å². The highest BCUT2D eigenvalue weighted by Gasteiger charge is 2.22. The van der Waals surface area contributed by atoms with Gasteiger partial charge in [0, 0.05) is 12.8 Å². The molecule has 0 aliphatic carbocycles. The third-order valence-electron chi connectivity index (χ3n) is 8.32. The van der Waals surface area contributed by atoms with Crippen molar-refractivity contribution in [1.29, 1.82) is 0 Å². The maximum absolute atomic E-state index is 12.4. The Kier molecular flexibility index (Phi) is 35.3. The molecule has 0 bridgehead atoms. The molecule has 0 aliphatic heterocycles. The molecule has 0 aromatic heterocycles. The molecule has 290 valence electrons. The molecule has 0 radical (unpaired) electrons. The van der Waals surface area contributed by atoms with Crippen LogP contribution in [0.3, 0.4) is 0 Å². The third-order valence-corrected chi connectivity index (χ3v) is 8.81. The molecule has 0 saturated carbocycles. The maximum Gasteiger partial charge on any atom is 0.469 e. The van der Waals surface area contributed by atoms with Gasteiger partial charge in [-0.15, -0.1) is 0 Å². The van der Waals surface area contributed by atoms with Crippen LogP contribution in [0.4, 0.5) is 0 Å². The van der Waals surface area contributed by atoms with E-state index < -0.39 is 32.5 Å². The lowest BCUT2D eigenvalue weighted by Gasteiger charge is -2.18. The Hall–Kier alpha value is -1.99. The van der Waals surface area contributed by atoms with E-state index in [1.54, 1.807) is 0 Å². The molecular formula is C41H73O8P. The fourth-order valence-corrected chi connectivity index (χ4v) is 5.67. The monoisotopic (exact) mass is 725 g/mol. The van der Waals surface area contributed by atoms with Gasteiger partial charge in [-0.25, -0.2) is 4.57 Å². The number of esters is 2. The van der Waals surface area contributed by atoms with Gasteiger partial charge >= 0.3 is 19.8 Å². The van der Waals surface area contributed by atoms with Crippen LogP contribution in [0.2, 0.25) is 0 Å². The largest absolute Gasteiger partial charge is 0.469 e. The van der Waals surface area contributed by atoms with E-state index in [0.29, 0.717) is 12.8 Å². The number of phosphoric acid groups is 1. The number of allylic oxidation sites excluding steroid dienone is 8. The van der Waals surface area contributed by atoms with Crippen LogP contribution in [0, 0.1) is 0 Å². The van der Waals surface area contributed by atoms with Gasteiger partial charge in [0.15, 0.2) is 6.10 Å². The Morgan fingerprint density at radius 1 is 0.520 bits per heavy atom. The Labute approximate surface area is 305 Å². The number of unbranched alkanes of at least 4 members (excludes halogenated alkanes) is 18. The molecule has 0 aliphatic rings. The molecule has 2 N–H and O–H groups in total. The first-order valence-electron chi connectivity index (χ1n) is 19.9. The number of phosphoric ester groups is 1. The van der Waals surface area contributed by atoms with Crippen LogP contribution < -0.4 is 0 Å². The molecule has 0 amide bonds. The highest BCUT2D eigenvalue weighted by atomic mass is 31.2. The summed E-state index contributed by atoms with van der Waals surface area (Å²) >= 11 is 0. The number of hydrogen-bond donors (Lipinski definition) is 2. The maximum atomic E-state index is 12.4. The first-order valence-corrected chi connectivity index (χ1v) is 21.5. The van der Waals surface area contributed by atoms with Crippen molar-refractivity contribution in [1.82, 2.24) is 0 Å². The second kappa shape index (κ2) is 36.8. The van der Waals surface area contributed by atoms with Gasteiger partial charge in [0.2, 0.25) is 0 Å². The van der Waals surface area contributed by atoms with E-state index in [0.717, 1.165) is 70.6 Å². The standard InChI is InChI=1S/C41H73O8P/c1-3-5-7-9-11-13-15-17-19-20-22-23-25-27-29-31-33-35-40(42)47-37-39(38-48-50(44,45)46)49-41(43)36-34-32-30-28-26-24-21-18-16-14-12-10-8-6-4-2/h11-14,17-19,21,39H,3-10,15-16,20,22-38H2,1-2H3,(H2,44,45,46)/b13-11+,14-12+,19-17+,21-18+/t39-/m1/s1. The van der Waals surface area contributed by atoms with Gasteiger partial charge in [-0.1, -0.05) is 140 Å². The van der Waals surface area contributed by atoms with E-state index in [4.69, 9.17) is 19.3 Å². The first-order chi connectivity index (χ1) is 24.3. The molecule has 0 aromatic rings. The van der Waals surface area contributed by atoms with Gasteiger partial charge < -0.3 is 19.3 Å². The normalized spacial score (nSPS) is 13.0. The lowest BCUT2D eigenvalue weighted by Crippen LogP contribution is -2.29. The van der Waals surface area contributed by atoms with Crippen LogP contribution in [0.5, 0.6) is 0 Å². The van der Waals surface area contributed by atoms with Crippen molar-refractivity contribution in [2.75, 3.05) is 13.2 Å². The van der Waals surface area contributed by atoms with Gasteiger partial charge in [0.1, 0.15) is 6.61 Å². The molecule has 0 spiro atoms. The Morgan fingerprint density at radius 2 is 0.900 bits per heavy atom.